The quantitative estimate of drug-likeness (QED) is 0.532. The van der Waals surface area contributed by atoms with Gasteiger partial charge in [-0.25, -0.2) is 9.37 Å². The number of fused-ring (bicyclic) bond motifs is 3. The lowest BCUT2D eigenvalue weighted by molar-refractivity contribution is 0.239. The molecule has 0 saturated heterocycles. The van der Waals surface area contributed by atoms with E-state index in [2.05, 4.69) is 15.1 Å². The fourth-order valence-corrected chi connectivity index (χ4v) is 3.16. The van der Waals surface area contributed by atoms with Crippen molar-refractivity contribution in [3.05, 3.63) is 46.6 Å². The van der Waals surface area contributed by atoms with Crippen molar-refractivity contribution in [2.24, 2.45) is 0 Å². The van der Waals surface area contributed by atoms with Crippen LogP contribution in [-0.4, -0.2) is 47.5 Å². The van der Waals surface area contributed by atoms with E-state index in [4.69, 9.17) is 4.52 Å². The predicted molar refractivity (Wildman–Crippen MR) is 97.5 cm³/mol. The van der Waals surface area contributed by atoms with Crippen molar-refractivity contribution in [3.8, 4) is 11.5 Å². The van der Waals surface area contributed by atoms with E-state index in [1.54, 1.807) is 19.9 Å². The molecule has 2 N–H and O–H groups in total. The Morgan fingerprint density at radius 2 is 2.00 bits per heavy atom. The second-order valence-electron chi connectivity index (χ2n) is 6.67. The van der Waals surface area contributed by atoms with Gasteiger partial charge in [-0.05, 0) is 19.1 Å². The number of rotatable bonds is 5. The van der Waals surface area contributed by atoms with E-state index in [0.717, 1.165) is 0 Å². The third-order valence-corrected chi connectivity index (χ3v) is 4.71. The highest BCUT2D eigenvalue weighted by molar-refractivity contribution is 5.84. The Hall–Kier alpha value is -3.11. The molecule has 2 atom stereocenters. The number of imidazole rings is 1. The number of aliphatic hydroxyl groups is 2. The van der Waals surface area contributed by atoms with E-state index >= 15 is 0 Å². The van der Waals surface area contributed by atoms with Crippen molar-refractivity contribution in [2.75, 3.05) is 13.2 Å². The number of aliphatic hydroxyl groups excluding tert-OH is 2. The summed E-state index contributed by atoms with van der Waals surface area (Å²) in [5, 5.41) is 22.7. The molecule has 0 radical (unpaired) electrons. The van der Waals surface area contributed by atoms with Gasteiger partial charge in [0.2, 0.25) is 11.7 Å². The van der Waals surface area contributed by atoms with Gasteiger partial charge in [0, 0.05) is 0 Å². The van der Waals surface area contributed by atoms with Crippen LogP contribution >= 0.6 is 0 Å². The number of hydrogen-bond donors (Lipinski definition) is 2. The van der Waals surface area contributed by atoms with Gasteiger partial charge >= 0.3 is 0 Å². The largest absolute Gasteiger partial charge is 0.396 e. The van der Waals surface area contributed by atoms with Gasteiger partial charge in [0.1, 0.15) is 28.9 Å². The highest BCUT2D eigenvalue weighted by atomic mass is 19.1. The van der Waals surface area contributed by atoms with Crippen LogP contribution in [0, 0.1) is 5.82 Å². The van der Waals surface area contributed by atoms with E-state index in [9.17, 15) is 19.4 Å². The number of para-hydroxylation sites is 1. The summed E-state index contributed by atoms with van der Waals surface area (Å²) in [7, 11) is 0. The molecule has 0 bridgehead atoms. The normalized spacial score (nSPS) is 14.0. The Morgan fingerprint density at radius 3 is 2.71 bits per heavy atom. The SMILES string of the molecule is CC(CO)c1nc(-c2ncn3c2c(=O)n(C(C)CO)c2c(F)cccc23)no1. The number of nitrogens with zero attached hydrogens (tertiary/aromatic N) is 5. The molecule has 0 fully saturated rings. The zero-order valence-corrected chi connectivity index (χ0v) is 15.2. The Kier molecular flexibility index (Phi) is 4.44. The molecule has 1 aromatic carbocycles. The van der Waals surface area contributed by atoms with E-state index in [1.165, 1.54) is 27.4 Å². The first-order valence-corrected chi connectivity index (χ1v) is 8.73. The summed E-state index contributed by atoms with van der Waals surface area (Å²) >= 11 is 0. The first-order valence-electron chi connectivity index (χ1n) is 8.73. The Morgan fingerprint density at radius 1 is 1.21 bits per heavy atom. The molecule has 0 saturated carbocycles. The first kappa shape index (κ1) is 18.3. The van der Waals surface area contributed by atoms with Crippen molar-refractivity contribution in [1.82, 2.24) is 24.1 Å². The Labute approximate surface area is 157 Å². The van der Waals surface area contributed by atoms with Crippen LogP contribution in [0.15, 0.2) is 33.8 Å². The fraction of sp³-hybridized carbons (Fsp3) is 0.333. The number of aromatic nitrogens is 5. The predicted octanol–water partition coefficient (Wildman–Crippen LogP) is 1.49. The van der Waals surface area contributed by atoms with E-state index in [0.29, 0.717) is 5.52 Å². The van der Waals surface area contributed by atoms with Gasteiger partial charge in [0.05, 0.1) is 30.7 Å². The van der Waals surface area contributed by atoms with Crippen molar-refractivity contribution >= 4 is 16.6 Å². The minimum absolute atomic E-state index is 0.0770. The topological polar surface area (TPSA) is 119 Å². The van der Waals surface area contributed by atoms with Gasteiger partial charge in [0.25, 0.3) is 5.56 Å². The summed E-state index contributed by atoms with van der Waals surface area (Å²) in [5.41, 5.74) is 0.278. The van der Waals surface area contributed by atoms with Crippen molar-refractivity contribution in [3.63, 3.8) is 0 Å². The summed E-state index contributed by atoms with van der Waals surface area (Å²) < 4.78 is 22.4. The van der Waals surface area contributed by atoms with Crippen LogP contribution in [0.3, 0.4) is 0 Å². The van der Waals surface area contributed by atoms with Crippen LogP contribution < -0.4 is 5.56 Å². The Bertz CT molecular complexity index is 1230. The average molecular weight is 387 g/mol. The lowest BCUT2D eigenvalue weighted by Gasteiger charge is -2.17. The molecule has 4 aromatic rings. The third-order valence-electron chi connectivity index (χ3n) is 4.71. The van der Waals surface area contributed by atoms with Crippen molar-refractivity contribution < 1.29 is 19.1 Å². The number of benzene rings is 1. The van der Waals surface area contributed by atoms with Gasteiger partial charge in [0.15, 0.2) is 0 Å². The second kappa shape index (κ2) is 6.80. The van der Waals surface area contributed by atoms with Gasteiger partial charge in [-0.2, -0.15) is 4.98 Å². The maximum Gasteiger partial charge on any atom is 0.278 e. The highest BCUT2D eigenvalue weighted by Gasteiger charge is 2.24. The minimum atomic E-state index is -0.658. The molecule has 3 aromatic heterocycles. The first-order chi connectivity index (χ1) is 13.5. The molecule has 0 aliphatic heterocycles. The van der Waals surface area contributed by atoms with Gasteiger partial charge in [-0.1, -0.05) is 18.1 Å². The van der Waals surface area contributed by atoms with E-state index in [1.807, 2.05) is 0 Å². The van der Waals surface area contributed by atoms with Crippen molar-refractivity contribution in [1.29, 1.82) is 0 Å². The monoisotopic (exact) mass is 387 g/mol. The zero-order chi connectivity index (χ0) is 20.0. The molecule has 9 nitrogen and oxygen atoms in total. The molecule has 28 heavy (non-hydrogen) atoms. The highest BCUT2D eigenvalue weighted by Crippen LogP contribution is 2.26. The molecule has 3 heterocycles. The summed E-state index contributed by atoms with van der Waals surface area (Å²) in [6.07, 6.45) is 1.40. The molecular weight excluding hydrogens is 369 g/mol. The second-order valence-corrected chi connectivity index (χ2v) is 6.67. The third kappa shape index (κ3) is 2.60. The molecular formula is C18H18FN5O4. The maximum atomic E-state index is 14.6. The molecule has 0 aliphatic rings. The van der Waals surface area contributed by atoms with Crippen LogP contribution in [0.5, 0.6) is 0 Å². The van der Waals surface area contributed by atoms with Crippen LogP contribution in [0.1, 0.15) is 31.7 Å². The smallest absolute Gasteiger partial charge is 0.278 e. The van der Waals surface area contributed by atoms with Gasteiger partial charge in [-0.3, -0.25) is 13.8 Å². The summed E-state index contributed by atoms with van der Waals surface area (Å²) in [5.74, 6) is -0.634. The minimum Gasteiger partial charge on any atom is -0.396 e. The van der Waals surface area contributed by atoms with E-state index < -0.39 is 17.4 Å². The van der Waals surface area contributed by atoms with Crippen LogP contribution in [0.25, 0.3) is 28.1 Å². The molecule has 146 valence electrons. The standard InChI is InChI=1S/C18H18FN5O4/c1-9(6-25)17-21-16(22-28-17)13-15-18(27)24(10(2)7-26)14-11(19)4-3-5-12(14)23(15)8-20-13/h3-5,8-10,25-26H,6-7H2,1-2H3. The number of hydrogen-bond acceptors (Lipinski definition) is 7. The van der Waals surface area contributed by atoms with Crippen LogP contribution in [-0.2, 0) is 0 Å². The Balaban J connectivity index is 2.07. The van der Waals surface area contributed by atoms with Crippen molar-refractivity contribution in [2.45, 2.75) is 25.8 Å². The summed E-state index contributed by atoms with van der Waals surface area (Å²) in [6.45, 7) is 2.82. The molecule has 10 heteroatoms. The molecule has 2 unspecified atom stereocenters. The maximum absolute atomic E-state index is 14.6. The lowest BCUT2D eigenvalue weighted by atomic mass is 10.2. The number of halogens is 1. The fourth-order valence-electron chi connectivity index (χ4n) is 3.16. The van der Waals surface area contributed by atoms with Gasteiger partial charge in [-0.15, -0.1) is 0 Å². The molecule has 0 aliphatic carbocycles. The lowest BCUT2D eigenvalue weighted by Crippen LogP contribution is -2.28. The molecule has 4 rings (SSSR count). The molecule has 0 amide bonds. The van der Waals surface area contributed by atoms with Crippen LogP contribution in [0.2, 0.25) is 0 Å². The van der Waals surface area contributed by atoms with Gasteiger partial charge < -0.3 is 14.7 Å². The summed E-state index contributed by atoms with van der Waals surface area (Å²) in [4.78, 5) is 21.7. The average Bonchev–Trinajstić information content (AvgIpc) is 3.35. The summed E-state index contributed by atoms with van der Waals surface area (Å²) in [6, 6.07) is 3.79. The van der Waals surface area contributed by atoms with E-state index in [-0.39, 0.29) is 47.6 Å². The zero-order valence-electron chi connectivity index (χ0n) is 15.2. The van der Waals surface area contributed by atoms with Crippen LogP contribution in [0.4, 0.5) is 4.39 Å². The molecule has 0 spiro atoms.